The number of hydrogen-bond acceptors (Lipinski definition) is 19. The van der Waals surface area contributed by atoms with Crippen molar-refractivity contribution < 1.29 is 92.0 Å². The Hall–Kier alpha value is -13.7. The number of carboxylic acids is 1. The van der Waals surface area contributed by atoms with Crippen LogP contribution in [-0.4, -0.2) is 271 Å². The average Bonchev–Trinajstić information content (AvgIpc) is 0.856. The molecule has 9 rings (SSSR count). The van der Waals surface area contributed by atoms with E-state index in [4.69, 9.17) is 5.73 Å². The van der Waals surface area contributed by atoms with E-state index in [-0.39, 0.29) is 87.5 Å². The number of H-pyrrole nitrogens is 1. The number of benzene rings is 6. The Morgan fingerprint density at radius 3 is 1.51 bits per heavy atom. The van der Waals surface area contributed by atoms with Gasteiger partial charge in [-0.1, -0.05) is 181 Å². The third-order valence-corrected chi connectivity index (χ3v) is 23.9. The number of aromatic amines is 1. The normalized spacial score (nSPS) is 22.7. The highest BCUT2D eigenvalue weighted by atomic mass is 32.2. The molecule has 2 saturated heterocycles. The van der Waals surface area contributed by atoms with Crippen LogP contribution in [0.1, 0.15) is 107 Å². The number of likely N-dealkylation sites (N-methyl/N-ethyl adjacent to an activating group) is 4. The number of aromatic hydroxyl groups is 2. The maximum absolute atomic E-state index is 15.5. The van der Waals surface area contributed by atoms with E-state index in [0.717, 1.165) is 21.6 Å². The van der Waals surface area contributed by atoms with Crippen LogP contribution in [0.2, 0.25) is 0 Å². The molecule has 0 saturated carbocycles. The SMILES string of the molecule is CCCC[C@H]1C(=O)N(C)CC(=O)N[C@@H](CC(=O)O)C(=O)N[C@@H](C(C)C)C(=O)N(C)[C@@H](Cc2ccccc2)C(=O)N[C@@H](Cc2ccc(O)cc2)C(=O)N2CC[C@@H]2C(=O)N[C@@H](Cc2c[nH]c3ccccc23)C(=O)N[C@@H](Cc2ccc(O)cc2)C(=O)N[C@@H](CC(C)C)C(=O)N[C@H](C(=O)NCC(N)=O)CSCC(=O)N[C@@H](Cc2ccccc2)C(=O)N(C)[C@@H](Cc2ccccc2)C(=O)N1C. The van der Waals surface area contributed by atoms with Crippen LogP contribution in [-0.2, 0) is 115 Å². The Balaban J connectivity index is 1.12. The van der Waals surface area contributed by atoms with Crippen molar-refractivity contribution in [3.05, 3.63) is 203 Å². The molecule has 3 heterocycles. The average molecular weight is 1810 g/mol. The van der Waals surface area contributed by atoms with Crippen molar-refractivity contribution in [1.82, 2.24) is 77.3 Å². The molecule has 15 N–H and O–H groups in total. The van der Waals surface area contributed by atoms with Crippen molar-refractivity contribution >= 4 is 117 Å². The molecule has 0 aliphatic carbocycles. The van der Waals surface area contributed by atoms with Gasteiger partial charge in [0.1, 0.15) is 84.0 Å². The minimum Gasteiger partial charge on any atom is -0.508 e. The first-order valence-electron chi connectivity index (χ1n) is 43.3. The van der Waals surface area contributed by atoms with Crippen LogP contribution in [0, 0.1) is 11.8 Å². The predicted octanol–water partition coefficient (Wildman–Crippen LogP) is 2.47. The highest BCUT2D eigenvalue weighted by Crippen LogP contribution is 2.27. The molecule has 1 aromatic heterocycles. The zero-order chi connectivity index (χ0) is 94.6. The van der Waals surface area contributed by atoms with Gasteiger partial charge in [-0.15, -0.1) is 11.8 Å². The largest absolute Gasteiger partial charge is 0.508 e. The number of carbonyl (C=O) groups excluding carboxylic acids is 15. The van der Waals surface area contributed by atoms with Crippen molar-refractivity contribution in [2.75, 3.05) is 59.3 Å². The summed E-state index contributed by atoms with van der Waals surface area (Å²) in [5, 5.41) is 55.9. The van der Waals surface area contributed by atoms with Gasteiger partial charge in [-0.3, -0.25) is 76.7 Å². The number of nitrogens with two attached hydrogens (primary N) is 1. The van der Waals surface area contributed by atoms with Crippen molar-refractivity contribution in [1.29, 1.82) is 0 Å². The number of carboxylic acid groups (broad SMARTS) is 1. The van der Waals surface area contributed by atoms with Crippen molar-refractivity contribution in [3.8, 4) is 11.5 Å². The van der Waals surface area contributed by atoms with E-state index in [1.165, 1.54) is 91.4 Å². The first-order chi connectivity index (χ1) is 62.0. The molecule has 0 spiro atoms. The van der Waals surface area contributed by atoms with Crippen molar-refractivity contribution in [2.45, 2.75) is 184 Å². The standard InChI is InChI=1S/C94H118N16O19S/c1-10-11-31-75-92(127)106(6)52-79(114)98-70(49-81(116)117)87(122)105-82(56(4)5)94(129)108(8)76(46-58-25-17-13-18-26-58)89(124)103-72(45-61-34-38-64(112)39-35-61)91(126)110-41-40-74(110)88(123)102-69(48-62-50-96-66-30-22-21-29-65(62)66)86(121)101-68(43-60-32-36-63(111)37-33-60)85(120)100-67(42-55(2)3)84(119)104-73(83(118)97-51-78(95)113)53-130-54-80(115)99-71(44-57-23-15-12-16-24-57)90(125)109(9)77(93(128)107(75)7)47-59-27-19-14-20-28-59/h12-30,32-39,50,55-56,67-77,82,96,111-112H,10-11,31,40-49,51-54H2,1-9H3,(H2,95,113)(H,97,118)(H,98,114)(H,99,115)(H,100,120)(H,101,121)(H,102,123)(H,103,124)(H,104,119)(H,105,122)(H,116,117)/t67-,68-,69-,70-,71-,72-,73-,74+,75-,76-,77-,82-/m0/s1. The Kier molecular flexibility index (Phi) is 36.9. The van der Waals surface area contributed by atoms with E-state index in [2.05, 4.69) is 52.8 Å². The summed E-state index contributed by atoms with van der Waals surface area (Å²) in [7, 11) is 5.30. The quantitative estimate of drug-likeness (QED) is 0.0437. The summed E-state index contributed by atoms with van der Waals surface area (Å²) in [6, 6.07) is 26.2. The molecule has 0 bridgehead atoms. The molecule has 0 radical (unpaired) electrons. The number of nitrogens with zero attached hydrogens (tertiary/aromatic N) is 5. The van der Waals surface area contributed by atoms with Gasteiger partial charge in [-0.25, -0.2) is 0 Å². The second-order valence-corrected chi connectivity index (χ2v) is 34.7. The number of aliphatic carboxylic acids is 1. The molecule has 15 amide bonds. The van der Waals surface area contributed by atoms with E-state index in [1.54, 1.807) is 149 Å². The number of primary amides is 1. The van der Waals surface area contributed by atoms with E-state index >= 15 is 47.9 Å². The highest BCUT2D eigenvalue weighted by molar-refractivity contribution is 8.00. The Morgan fingerprint density at radius 2 is 0.962 bits per heavy atom. The Bertz CT molecular complexity index is 5140. The van der Waals surface area contributed by atoms with Gasteiger partial charge < -0.3 is 98.4 Å². The van der Waals surface area contributed by atoms with Crippen LogP contribution in [0.4, 0.5) is 0 Å². The number of thioether (sulfide) groups is 1. The van der Waals surface area contributed by atoms with Crippen LogP contribution in [0.5, 0.6) is 11.5 Å². The number of fused-ring (bicyclic) bond motifs is 2. The molecule has 130 heavy (non-hydrogen) atoms. The molecule has 12 atom stereocenters. The van der Waals surface area contributed by atoms with Gasteiger partial charge in [0, 0.05) is 96.1 Å². The first kappa shape index (κ1) is 100. The van der Waals surface area contributed by atoms with E-state index in [0.29, 0.717) is 57.1 Å². The second-order valence-electron chi connectivity index (χ2n) is 33.6. The van der Waals surface area contributed by atoms with Gasteiger partial charge in [-0.05, 0) is 94.8 Å². The number of rotatable bonds is 23. The number of hydrogen-bond donors (Lipinski definition) is 14. The highest BCUT2D eigenvalue weighted by Gasteiger charge is 2.46. The first-order valence-corrected chi connectivity index (χ1v) is 44.5. The number of phenols is 2. The summed E-state index contributed by atoms with van der Waals surface area (Å²) in [6.45, 7) is 6.94. The monoisotopic (exact) mass is 1810 g/mol. The lowest BCUT2D eigenvalue weighted by molar-refractivity contribution is -0.151. The number of aromatic nitrogens is 1. The van der Waals surface area contributed by atoms with Gasteiger partial charge >= 0.3 is 5.97 Å². The third kappa shape index (κ3) is 28.7. The Labute approximate surface area is 758 Å². The molecule has 0 unspecified atom stereocenters. The van der Waals surface area contributed by atoms with Gasteiger partial charge in [0.2, 0.25) is 88.6 Å². The minimum absolute atomic E-state index is 0.0303. The third-order valence-electron chi connectivity index (χ3n) is 22.9. The molecular weight excluding hydrogens is 1690 g/mol. The number of amides is 15. The summed E-state index contributed by atoms with van der Waals surface area (Å²) in [4.78, 5) is 245. The van der Waals surface area contributed by atoms with Gasteiger partial charge in [0.15, 0.2) is 0 Å². The fraction of sp³-hybridized carbons (Fsp3) is 0.426. The van der Waals surface area contributed by atoms with E-state index < -0.39 is 198 Å². The fourth-order valence-corrected chi connectivity index (χ4v) is 16.4. The number of carbonyl (C=O) groups is 16. The van der Waals surface area contributed by atoms with Gasteiger partial charge in [0.05, 0.1) is 25.3 Å². The summed E-state index contributed by atoms with van der Waals surface area (Å²) in [5.41, 5.74) is 9.19. The number of para-hydroxylation sites is 1. The molecule has 694 valence electrons. The molecule has 2 aliphatic rings. The van der Waals surface area contributed by atoms with Crippen molar-refractivity contribution in [2.24, 2.45) is 17.6 Å². The smallest absolute Gasteiger partial charge is 0.305 e. The zero-order valence-corrected chi connectivity index (χ0v) is 75.2. The number of nitrogens with one attached hydrogen (secondary N) is 10. The topological polar surface area (TPSA) is 500 Å². The molecule has 7 aromatic rings. The summed E-state index contributed by atoms with van der Waals surface area (Å²) >= 11 is 0.833. The molecule has 2 aliphatic heterocycles. The summed E-state index contributed by atoms with van der Waals surface area (Å²) in [6.07, 6.45) is 0.217. The number of phenolic OH excluding ortho intramolecular Hbond substituents is 2. The lowest BCUT2D eigenvalue weighted by Crippen LogP contribution is -2.65. The van der Waals surface area contributed by atoms with E-state index in [9.17, 15) is 44.1 Å². The second kappa shape index (κ2) is 47.9. The molecule has 2 fully saturated rings. The van der Waals surface area contributed by atoms with Gasteiger partial charge in [0.25, 0.3) is 0 Å². The zero-order valence-electron chi connectivity index (χ0n) is 74.4. The van der Waals surface area contributed by atoms with E-state index in [1.807, 2.05) is 6.92 Å². The predicted molar refractivity (Wildman–Crippen MR) is 485 cm³/mol. The van der Waals surface area contributed by atoms with Crippen LogP contribution in [0.3, 0.4) is 0 Å². The minimum atomic E-state index is -1.90. The lowest BCUT2D eigenvalue weighted by atomic mass is 9.95. The Morgan fingerprint density at radius 1 is 0.485 bits per heavy atom. The van der Waals surface area contributed by atoms with Crippen LogP contribution >= 0.6 is 11.8 Å². The maximum Gasteiger partial charge on any atom is 0.305 e. The fourth-order valence-electron chi connectivity index (χ4n) is 15.5. The molecule has 6 aromatic carbocycles. The van der Waals surface area contributed by atoms with Crippen LogP contribution < -0.4 is 53.6 Å². The number of unbranched alkanes of at least 4 members (excludes halogenated alkanes) is 1. The summed E-state index contributed by atoms with van der Waals surface area (Å²) < 4.78 is 0. The van der Waals surface area contributed by atoms with Crippen molar-refractivity contribution in [3.63, 3.8) is 0 Å². The lowest BCUT2D eigenvalue weighted by Gasteiger charge is -2.42. The molecular formula is C94H118N16O19S. The van der Waals surface area contributed by atoms with Gasteiger partial charge in [-0.2, -0.15) is 0 Å². The molecule has 35 nitrogen and oxygen atoms in total. The molecule has 36 heteroatoms. The maximum atomic E-state index is 15.5. The van der Waals surface area contributed by atoms with Crippen LogP contribution in [0.15, 0.2) is 170 Å². The summed E-state index contributed by atoms with van der Waals surface area (Å²) in [5.74, 6) is -17.1. The van der Waals surface area contributed by atoms with Crippen LogP contribution in [0.25, 0.3) is 10.9 Å².